The lowest BCUT2D eigenvalue weighted by atomic mass is 10.1. The Labute approximate surface area is 204 Å². The molecule has 0 atom stereocenters. The van der Waals surface area contributed by atoms with Crippen molar-refractivity contribution in [2.75, 3.05) is 40.1 Å². The maximum absolute atomic E-state index is 12.4. The molecule has 1 amide bonds. The largest absolute Gasteiger partial charge is 0.493 e. The second kappa shape index (κ2) is 12.1. The molecule has 176 valence electrons. The lowest BCUT2D eigenvalue weighted by Crippen LogP contribution is -2.27. The van der Waals surface area contributed by atoms with E-state index in [1.807, 2.05) is 49.4 Å². The minimum absolute atomic E-state index is 0.0644. The van der Waals surface area contributed by atoms with Crippen molar-refractivity contribution < 1.29 is 23.7 Å². The summed E-state index contributed by atoms with van der Waals surface area (Å²) in [5.74, 6) is 1.99. The number of thiocarbonyl (C=S) groups is 1. The predicted molar refractivity (Wildman–Crippen MR) is 136 cm³/mol. The first-order valence-corrected chi connectivity index (χ1v) is 12.0. The molecule has 0 saturated carbocycles. The van der Waals surface area contributed by atoms with Gasteiger partial charge in [0.1, 0.15) is 23.3 Å². The third kappa shape index (κ3) is 6.72. The third-order valence-corrected chi connectivity index (χ3v) is 6.51. The highest BCUT2D eigenvalue weighted by atomic mass is 32.2. The van der Waals surface area contributed by atoms with Gasteiger partial charge in [-0.3, -0.25) is 9.69 Å². The summed E-state index contributed by atoms with van der Waals surface area (Å²) in [6.45, 7) is 8.38. The Morgan fingerprint density at radius 3 is 2.39 bits per heavy atom. The number of thioether (sulfide) groups is 1. The fourth-order valence-electron chi connectivity index (χ4n) is 3.15. The zero-order valence-corrected chi connectivity index (χ0v) is 21.0. The molecule has 0 N–H and O–H groups in total. The lowest BCUT2D eigenvalue weighted by molar-refractivity contribution is -0.121. The van der Waals surface area contributed by atoms with Crippen LogP contribution in [0.15, 0.2) is 41.3 Å². The summed E-state index contributed by atoms with van der Waals surface area (Å²) >= 11 is 6.57. The molecule has 1 aliphatic rings. The van der Waals surface area contributed by atoms with Crippen LogP contribution in [0.3, 0.4) is 0 Å². The molecule has 33 heavy (non-hydrogen) atoms. The Morgan fingerprint density at radius 1 is 0.970 bits per heavy atom. The smallest absolute Gasteiger partial charge is 0.266 e. The van der Waals surface area contributed by atoms with Crippen LogP contribution in [0.2, 0.25) is 0 Å². The maximum atomic E-state index is 12.4. The Balaban J connectivity index is 1.45. The van der Waals surface area contributed by atoms with Crippen LogP contribution in [-0.4, -0.2) is 55.2 Å². The van der Waals surface area contributed by atoms with Crippen molar-refractivity contribution in [2.45, 2.75) is 20.8 Å². The van der Waals surface area contributed by atoms with E-state index < -0.39 is 0 Å². The van der Waals surface area contributed by atoms with Gasteiger partial charge in [0, 0.05) is 6.54 Å². The average molecular weight is 488 g/mol. The van der Waals surface area contributed by atoms with Gasteiger partial charge in [-0.25, -0.2) is 0 Å². The summed E-state index contributed by atoms with van der Waals surface area (Å²) < 4.78 is 23.2. The first-order chi connectivity index (χ1) is 15.9. The fourth-order valence-corrected chi connectivity index (χ4v) is 4.54. The standard InChI is InChI=1S/C25H29NO5S2/c1-5-26-24(27)23(33-25(26)32)16-19-7-9-21(22(15-19)28-4)31-13-11-29-10-12-30-20-8-6-17(2)18(3)14-20/h6-9,14-16H,5,10-13H2,1-4H3. The summed E-state index contributed by atoms with van der Waals surface area (Å²) in [6, 6.07) is 11.6. The number of methoxy groups -OCH3 is 1. The second-order valence-corrected chi connectivity index (χ2v) is 9.07. The number of aryl methyl sites for hydroxylation is 2. The topological polar surface area (TPSA) is 57.2 Å². The zero-order chi connectivity index (χ0) is 23.8. The molecule has 2 aromatic rings. The minimum atomic E-state index is -0.0644. The highest BCUT2D eigenvalue weighted by Crippen LogP contribution is 2.34. The molecular formula is C25H29NO5S2. The lowest BCUT2D eigenvalue weighted by Gasteiger charge is -2.12. The van der Waals surface area contributed by atoms with E-state index in [0.717, 1.165) is 11.3 Å². The Morgan fingerprint density at radius 2 is 1.73 bits per heavy atom. The minimum Gasteiger partial charge on any atom is -0.493 e. The molecule has 0 aromatic heterocycles. The van der Waals surface area contributed by atoms with Crippen molar-refractivity contribution >= 4 is 40.3 Å². The first-order valence-electron chi connectivity index (χ1n) is 10.8. The van der Waals surface area contributed by atoms with Crippen molar-refractivity contribution in [2.24, 2.45) is 0 Å². The van der Waals surface area contributed by atoms with Crippen LogP contribution in [-0.2, 0) is 9.53 Å². The maximum Gasteiger partial charge on any atom is 0.266 e. The summed E-state index contributed by atoms with van der Waals surface area (Å²) in [5.41, 5.74) is 3.29. The number of benzene rings is 2. The quantitative estimate of drug-likeness (QED) is 0.251. The summed E-state index contributed by atoms with van der Waals surface area (Å²) in [6.07, 6.45) is 1.82. The molecule has 3 rings (SSSR count). The van der Waals surface area contributed by atoms with Crippen molar-refractivity contribution in [1.29, 1.82) is 0 Å². The fraction of sp³-hybridized carbons (Fsp3) is 0.360. The number of carbonyl (C=O) groups excluding carboxylic acids is 1. The van der Waals surface area contributed by atoms with Crippen molar-refractivity contribution in [3.63, 3.8) is 0 Å². The van der Waals surface area contributed by atoms with Gasteiger partial charge >= 0.3 is 0 Å². The van der Waals surface area contributed by atoms with Gasteiger partial charge in [-0.1, -0.05) is 36.1 Å². The molecule has 0 bridgehead atoms. The van der Waals surface area contributed by atoms with E-state index in [4.69, 9.17) is 31.2 Å². The number of ether oxygens (including phenoxy) is 4. The number of rotatable bonds is 11. The van der Waals surface area contributed by atoms with Gasteiger partial charge in [-0.2, -0.15) is 0 Å². The molecule has 1 saturated heterocycles. The van der Waals surface area contributed by atoms with E-state index in [9.17, 15) is 4.79 Å². The molecule has 0 spiro atoms. The van der Waals surface area contributed by atoms with Gasteiger partial charge in [-0.15, -0.1) is 0 Å². The molecule has 1 aliphatic heterocycles. The highest BCUT2D eigenvalue weighted by Gasteiger charge is 2.30. The highest BCUT2D eigenvalue weighted by molar-refractivity contribution is 8.26. The number of nitrogens with zero attached hydrogens (tertiary/aromatic N) is 1. The Hall–Kier alpha value is -2.55. The van der Waals surface area contributed by atoms with Crippen molar-refractivity contribution in [3.8, 4) is 17.2 Å². The van der Waals surface area contributed by atoms with Crippen molar-refractivity contribution in [3.05, 3.63) is 58.0 Å². The normalized spacial score (nSPS) is 14.8. The molecule has 1 fully saturated rings. The monoisotopic (exact) mass is 487 g/mol. The molecule has 1 heterocycles. The molecule has 0 radical (unpaired) electrons. The van der Waals surface area contributed by atoms with Gasteiger partial charge in [0.25, 0.3) is 5.91 Å². The van der Waals surface area contributed by atoms with Crippen LogP contribution in [0.1, 0.15) is 23.6 Å². The van der Waals surface area contributed by atoms with Crippen LogP contribution in [0.5, 0.6) is 17.2 Å². The van der Waals surface area contributed by atoms with Crippen LogP contribution < -0.4 is 14.2 Å². The molecule has 6 nitrogen and oxygen atoms in total. The van der Waals surface area contributed by atoms with Crippen LogP contribution in [0.25, 0.3) is 6.08 Å². The number of amides is 1. The summed E-state index contributed by atoms with van der Waals surface area (Å²) in [5, 5.41) is 0. The summed E-state index contributed by atoms with van der Waals surface area (Å²) in [4.78, 5) is 14.6. The van der Waals surface area contributed by atoms with E-state index in [1.165, 1.54) is 22.9 Å². The van der Waals surface area contributed by atoms with Gasteiger partial charge in [-0.05, 0) is 67.8 Å². The van der Waals surface area contributed by atoms with Gasteiger partial charge in [0.05, 0.1) is 25.2 Å². The van der Waals surface area contributed by atoms with E-state index in [0.29, 0.717) is 53.7 Å². The van der Waals surface area contributed by atoms with Crippen LogP contribution in [0, 0.1) is 13.8 Å². The van der Waals surface area contributed by atoms with E-state index in [2.05, 4.69) is 13.8 Å². The Kier molecular flexibility index (Phi) is 9.17. The van der Waals surface area contributed by atoms with Crippen LogP contribution >= 0.6 is 24.0 Å². The Bertz CT molecular complexity index is 1040. The molecule has 2 aromatic carbocycles. The van der Waals surface area contributed by atoms with Gasteiger partial charge < -0.3 is 18.9 Å². The number of hydrogen-bond acceptors (Lipinski definition) is 7. The molecule has 8 heteroatoms. The van der Waals surface area contributed by atoms with Crippen molar-refractivity contribution in [1.82, 2.24) is 4.90 Å². The zero-order valence-electron chi connectivity index (χ0n) is 19.4. The molecule has 0 unspecified atom stereocenters. The van der Waals surface area contributed by atoms with Gasteiger partial charge in [0.2, 0.25) is 0 Å². The number of likely N-dealkylation sites (N-methyl/N-ethyl adjacent to an activating group) is 1. The number of carbonyl (C=O) groups is 1. The van der Waals surface area contributed by atoms with E-state index in [-0.39, 0.29) is 5.91 Å². The average Bonchev–Trinajstić information content (AvgIpc) is 3.07. The van der Waals surface area contributed by atoms with E-state index >= 15 is 0 Å². The molecule has 0 aliphatic carbocycles. The predicted octanol–water partition coefficient (Wildman–Crippen LogP) is 5.01. The van der Waals surface area contributed by atoms with Crippen LogP contribution in [0.4, 0.5) is 0 Å². The first kappa shape index (κ1) is 25.1. The molecular weight excluding hydrogens is 458 g/mol. The SMILES string of the molecule is CCN1C(=O)C(=Cc2ccc(OCCOCCOc3ccc(C)c(C)c3)c(OC)c2)SC1=S. The number of hydrogen-bond donors (Lipinski definition) is 0. The third-order valence-electron chi connectivity index (χ3n) is 5.14. The second-order valence-electron chi connectivity index (χ2n) is 7.39. The summed E-state index contributed by atoms with van der Waals surface area (Å²) in [7, 11) is 1.59. The van der Waals surface area contributed by atoms with Gasteiger partial charge in [0.15, 0.2) is 11.5 Å². The van der Waals surface area contributed by atoms with E-state index in [1.54, 1.807) is 12.0 Å².